The van der Waals surface area contributed by atoms with Crippen molar-refractivity contribution in [2.45, 2.75) is 38.0 Å². The van der Waals surface area contributed by atoms with Gasteiger partial charge in [-0.2, -0.15) is 0 Å². The van der Waals surface area contributed by atoms with Crippen molar-refractivity contribution in [2.75, 3.05) is 13.1 Å². The molecule has 1 N–H and O–H groups in total. The zero-order valence-electron chi connectivity index (χ0n) is 11.3. The molecule has 19 heavy (non-hydrogen) atoms. The summed E-state index contributed by atoms with van der Waals surface area (Å²) in [6, 6.07) is 10.6. The van der Waals surface area contributed by atoms with Gasteiger partial charge < -0.3 is 10.1 Å². The van der Waals surface area contributed by atoms with Gasteiger partial charge in [-0.25, -0.2) is 4.79 Å². The predicted octanol–water partition coefficient (Wildman–Crippen LogP) is 2.15. The van der Waals surface area contributed by atoms with Crippen molar-refractivity contribution in [2.24, 2.45) is 0 Å². The van der Waals surface area contributed by atoms with Gasteiger partial charge in [0.1, 0.15) is 5.60 Å². The van der Waals surface area contributed by atoms with Crippen molar-refractivity contribution in [1.29, 1.82) is 0 Å². The van der Waals surface area contributed by atoms with Gasteiger partial charge in [0.05, 0.1) is 6.04 Å². The summed E-state index contributed by atoms with van der Waals surface area (Å²) in [5.41, 5.74) is 1.07. The summed E-state index contributed by atoms with van der Waals surface area (Å²) >= 11 is 0. The Balaban J connectivity index is 1.59. The van der Waals surface area contributed by atoms with Crippen LogP contribution in [-0.2, 0) is 11.3 Å². The van der Waals surface area contributed by atoms with Crippen molar-refractivity contribution in [3.8, 4) is 0 Å². The Morgan fingerprint density at radius 1 is 1.32 bits per heavy atom. The number of amides is 1. The van der Waals surface area contributed by atoms with E-state index in [0.29, 0.717) is 0 Å². The Hall–Kier alpha value is -1.55. The smallest absolute Gasteiger partial charge is 0.408 e. The number of benzene rings is 1. The molecule has 2 heterocycles. The van der Waals surface area contributed by atoms with Crippen LogP contribution < -0.4 is 5.32 Å². The first-order chi connectivity index (χ1) is 9.18. The fraction of sp³-hybridized carbons (Fsp3) is 0.533. The Kier molecular flexibility index (Phi) is 3.19. The maximum Gasteiger partial charge on any atom is 0.408 e. The molecule has 2 aliphatic rings. The van der Waals surface area contributed by atoms with Crippen molar-refractivity contribution >= 4 is 6.09 Å². The van der Waals surface area contributed by atoms with E-state index in [1.165, 1.54) is 5.56 Å². The molecule has 0 aromatic heterocycles. The molecular formula is C15H20N2O2. The molecular weight excluding hydrogens is 240 g/mol. The number of hydrogen-bond acceptors (Lipinski definition) is 3. The quantitative estimate of drug-likeness (QED) is 0.886. The number of carbonyl (C=O) groups excluding carboxylic acids is 1. The van der Waals surface area contributed by atoms with E-state index in [1.807, 2.05) is 13.0 Å². The molecule has 2 aliphatic heterocycles. The highest BCUT2D eigenvalue weighted by Gasteiger charge is 2.48. The van der Waals surface area contributed by atoms with Gasteiger partial charge in [-0.15, -0.1) is 0 Å². The summed E-state index contributed by atoms with van der Waals surface area (Å²) in [5.74, 6) is 0. The summed E-state index contributed by atoms with van der Waals surface area (Å²) in [4.78, 5) is 13.8. The van der Waals surface area contributed by atoms with E-state index in [9.17, 15) is 4.79 Å². The standard InChI is InChI=1S/C15H20N2O2/c1-12-15(19-14(18)16-12)7-9-17(10-8-15)11-13-5-3-2-4-6-13/h2-6,12H,7-11H2,1H3,(H,16,18)/t12-/m0/s1. The number of likely N-dealkylation sites (tertiary alicyclic amines) is 1. The van der Waals surface area contributed by atoms with E-state index in [-0.39, 0.29) is 17.7 Å². The number of alkyl carbamates (subject to hydrolysis) is 1. The molecule has 0 bridgehead atoms. The van der Waals surface area contributed by atoms with Gasteiger partial charge >= 0.3 is 6.09 Å². The molecule has 0 radical (unpaired) electrons. The summed E-state index contributed by atoms with van der Waals surface area (Å²) in [6.45, 7) is 4.98. The zero-order valence-corrected chi connectivity index (χ0v) is 11.3. The average molecular weight is 260 g/mol. The fourth-order valence-corrected chi connectivity index (χ4v) is 3.08. The van der Waals surface area contributed by atoms with E-state index in [2.05, 4.69) is 34.5 Å². The highest BCUT2D eigenvalue weighted by atomic mass is 16.6. The molecule has 1 amide bonds. The number of hydrogen-bond donors (Lipinski definition) is 1. The Labute approximate surface area is 113 Å². The van der Waals surface area contributed by atoms with Crippen LogP contribution in [0.25, 0.3) is 0 Å². The van der Waals surface area contributed by atoms with Crippen LogP contribution in [0.2, 0.25) is 0 Å². The molecule has 1 aromatic rings. The van der Waals surface area contributed by atoms with Crippen LogP contribution in [0.5, 0.6) is 0 Å². The van der Waals surface area contributed by atoms with Crippen LogP contribution in [0.4, 0.5) is 4.79 Å². The summed E-state index contributed by atoms with van der Waals surface area (Å²) in [6.07, 6.45) is 1.57. The number of ether oxygens (including phenoxy) is 1. The molecule has 2 saturated heterocycles. The van der Waals surface area contributed by atoms with Crippen LogP contribution in [0.15, 0.2) is 30.3 Å². The van der Waals surface area contributed by atoms with Gasteiger partial charge in [-0.1, -0.05) is 30.3 Å². The lowest BCUT2D eigenvalue weighted by atomic mass is 9.85. The summed E-state index contributed by atoms with van der Waals surface area (Å²) < 4.78 is 5.52. The highest BCUT2D eigenvalue weighted by Crippen LogP contribution is 2.34. The van der Waals surface area contributed by atoms with Crippen molar-refractivity contribution < 1.29 is 9.53 Å². The van der Waals surface area contributed by atoms with Gasteiger partial charge in [-0.05, 0) is 12.5 Å². The lowest BCUT2D eigenvalue weighted by molar-refractivity contribution is -0.0171. The molecule has 3 rings (SSSR count). The maximum absolute atomic E-state index is 11.4. The maximum atomic E-state index is 11.4. The lowest BCUT2D eigenvalue weighted by Gasteiger charge is -2.39. The first kappa shape index (κ1) is 12.5. The number of carbonyl (C=O) groups is 1. The SMILES string of the molecule is C[C@@H]1NC(=O)OC12CCN(Cc1ccccc1)CC2. The zero-order chi connectivity index (χ0) is 13.3. The largest absolute Gasteiger partial charge is 0.441 e. The molecule has 4 nitrogen and oxygen atoms in total. The summed E-state index contributed by atoms with van der Waals surface area (Å²) in [7, 11) is 0. The monoisotopic (exact) mass is 260 g/mol. The van der Waals surface area contributed by atoms with Crippen LogP contribution in [0.1, 0.15) is 25.3 Å². The van der Waals surface area contributed by atoms with Gasteiger partial charge in [0.15, 0.2) is 0 Å². The number of nitrogens with zero attached hydrogens (tertiary/aromatic N) is 1. The highest BCUT2D eigenvalue weighted by molar-refractivity contribution is 5.71. The normalized spacial score (nSPS) is 26.2. The minimum absolute atomic E-state index is 0.124. The fourth-order valence-electron chi connectivity index (χ4n) is 3.08. The van der Waals surface area contributed by atoms with Crippen LogP contribution in [0.3, 0.4) is 0 Å². The Morgan fingerprint density at radius 2 is 2.00 bits per heavy atom. The lowest BCUT2D eigenvalue weighted by Crippen LogP contribution is -2.50. The number of rotatable bonds is 2. The third kappa shape index (κ3) is 2.45. The van der Waals surface area contributed by atoms with Crippen molar-refractivity contribution in [3.05, 3.63) is 35.9 Å². The molecule has 0 saturated carbocycles. The van der Waals surface area contributed by atoms with Gasteiger partial charge in [0.2, 0.25) is 0 Å². The average Bonchev–Trinajstić information content (AvgIpc) is 2.68. The minimum atomic E-state index is -0.274. The molecule has 2 fully saturated rings. The second-order valence-corrected chi connectivity index (χ2v) is 5.58. The van der Waals surface area contributed by atoms with Crippen LogP contribution in [0, 0.1) is 0 Å². The number of piperidine rings is 1. The van der Waals surface area contributed by atoms with Gasteiger partial charge in [0.25, 0.3) is 0 Å². The van der Waals surface area contributed by atoms with Gasteiger partial charge in [-0.3, -0.25) is 4.90 Å². The molecule has 0 aliphatic carbocycles. The molecule has 1 atom stereocenters. The number of nitrogens with one attached hydrogen (secondary N) is 1. The Morgan fingerprint density at radius 3 is 2.58 bits per heavy atom. The Bertz CT molecular complexity index is 452. The van der Waals surface area contributed by atoms with Crippen molar-refractivity contribution in [1.82, 2.24) is 10.2 Å². The van der Waals surface area contributed by atoms with Crippen LogP contribution >= 0.6 is 0 Å². The first-order valence-corrected chi connectivity index (χ1v) is 6.94. The predicted molar refractivity (Wildman–Crippen MR) is 72.8 cm³/mol. The third-order valence-corrected chi connectivity index (χ3v) is 4.37. The molecule has 1 aromatic carbocycles. The first-order valence-electron chi connectivity index (χ1n) is 6.94. The van der Waals surface area contributed by atoms with E-state index >= 15 is 0 Å². The molecule has 1 spiro atoms. The van der Waals surface area contributed by atoms with E-state index < -0.39 is 0 Å². The van der Waals surface area contributed by atoms with Crippen LogP contribution in [-0.4, -0.2) is 35.7 Å². The minimum Gasteiger partial charge on any atom is -0.441 e. The van der Waals surface area contributed by atoms with E-state index in [4.69, 9.17) is 4.74 Å². The second kappa shape index (κ2) is 4.85. The molecule has 102 valence electrons. The van der Waals surface area contributed by atoms with Gasteiger partial charge in [0, 0.05) is 32.5 Å². The molecule has 0 unspecified atom stereocenters. The second-order valence-electron chi connectivity index (χ2n) is 5.58. The third-order valence-electron chi connectivity index (χ3n) is 4.37. The van der Waals surface area contributed by atoms with E-state index in [1.54, 1.807) is 0 Å². The topological polar surface area (TPSA) is 41.6 Å². The molecule has 4 heteroatoms. The van der Waals surface area contributed by atoms with E-state index in [0.717, 1.165) is 32.5 Å². The van der Waals surface area contributed by atoms with Crippen molar-refractivity contribution in [3.63, 3.8) is 0 Å². The summed E-state index contributed by atoms with van der Waals surface area (Å²) in [5, 5.41) is 2.86.